The molecule has 0 spiro atoms. The topological polar surface area (TPSA) is 0 Å². The van der Waals surface area contributed by atoms with Gasteiger partial charge in [0, 0.05) is 51.4 Å². The molecule has 0 aliphatic carbocycles. The first-order valence-corrected chi connectivity index (χ1v) is 15.8. The molecule has 129 valence electrons. The zero-order valence-corrected chi connectivity index (χ0v) is 23.8. The van der Waals surface area contributed by atoms with Crippen molar-refractivity contribution in [3.8, 4) is 0 Å². The Morgan fingerprint density at radius 1 is 0.409 bits per heavy atom. The van der Waals surface area contributed by atoms with Crippen molar-refractivity contribution in [2.75, 3.05) is 0 Å². The van der Waals surface area contributed by atoms with Crippen molar-refractivity contribution in [1.82, 2.24) is 0 Å². The van der Waals surface area contributed by atoms with Crippen molar-refractivity contribution in [2.24, 2.45) is 0 Å². The van der Waals surface area contributed by atoms with Gasteiger partial charge in [-0.15, -0.1) is 0 Å². The van der Waals surface area contributed by atoms with Gasteiger partial charge in [-0.05, 0) is 33.2 Å². The first kappa shape index (κ1) is 26.6. The second-order valence-corrected chi connectivity index (χ2v) is 26.0. The van der Waals surface area contributed by atoms with Gasteiger partial charge < -0.3 is 0 Å². The summed E-state index contributed by atoms with van der Waals surface area (Å²) >= 11 is 0. The van der Waals surface area contributed by atoms with Gasteiger partial charge >= 0.3 is 0 Å². The fourth-order valence-corrected chi connectivity index (χ4v) is 39.4. The molecule has 0 bridgehead atoms. The quantitative estimate of drug-likeness (QED) is 0.386. The summed E-state index contributed by atoms with van der Waals surface area (Å²) in [5.41, 5.74) is 5.20. The van der Waals surface area contributed by atoms with Gasteiger partial charge in [0.2, 0.25) is 0 Å². The van der Waals surface area contributed by atoms with E-state index in [0.29, 0.717) is 0 Å². The Balaban J connectivity index is 0. The van der Waals surface area contributed by atoms with Crippen LogP contribution in [0.3, 0.4) is 0 Å². The van der Waals surface area contributed by atoms with Gasteiger partial charge in [-0.25, -0.2) is 10.7 Å². The molecule has 0 aromatic rings. The molecular weight excluding hydrogens is 344 g/mol. The van der Waals surface area contributed by atoms with E-state index in [9.17, 15) is 0 Å². The molecule has 0 aliphatic heterocycles. The Labute approximate surface area is 190 Å². The molecule has 0 fully saturated rings. The summed E-state index contributed by atoms with van der Waals surface area (Å²) in [6, 6.07) is 0. The largest absolute Gasteiger partial charge is 0.203 e. The van der Waals surface area contributed by atoms with E-state index in [4.69, 9.17) is 0 Å². The van der Waals surface area contributed by atoms with E-state index >= 15 is 0 Å². The summed E-state index contributed by atoms with van der Waals surface area (Å²) in [6.07, 6.45) is 0. The van der Waals surface area contributed by atoms with Crippen LogP contribution >= 0.6 is 10.7 Å². The molecule has 0 aromatic heterocycles. The van der Waals surface area contributed by atoms with Crippen LogP contribution in [0.4, 0.5) is 0 Å². The van der Waals surface area contributed by atoms with E-state index in [1.54, 1.807) is 0 Å². The second kappa shape index (κ2) is 10.5. The number of hydrogen-bond acceptors (Lipinski definition) is 1. The van der Waals surface area contributed by atoms with E-state index in [-0.39, 0.29) is 51.4 Å². The Hall–Kier alpha value is 2.42. The zero-order chi connectivity index (χ0) is 17.2. The van der Waals surface area contributed by atoms with Crippen LogP contribution in [0.2, 0.25) is 33.2 Å². The van der Waals surface area contributed by atoms with Gasteiger partial charge in [0.25, 0.3) is 0 Å². The van der Waals surface area contributed by atoms with Gasteiger partial charge in [-0.3, -0.25) is 0 Å². The van der Waals surface area contributed by atoms with Crippen LogP contribution in [0.25, 0.3) is 0 Å². The van der Waals surface area contributed by atoms with E-state index in [1.807, 2.05) is 0 Å². The van der Waals surface area contributed by atoms with Crippen LogP contribution in [-0.2, 0) is 0 Å². The molecule has 0 amide bonds. The minimum atomic E-state index is -1.37. The summed E-state index contributed by atoms with van der Waals surface area (Å²) in [5, 5.41) is 0. The van der Waals surface area contributed by atoms with E-state index in [0.717, 1.165) is 33.2 Å². The number of hydrogen-bond donors (Lipinski definition) is 0. The smallest absolute Gasteiger partial charge is 0.117 e. The summed E-state index contributed by atoms with van der Waals surface area (Å²) in [4.78, 5) is 0. The predicted octanol–water partition coefficient (Wildman–Crippen LogP) is 7.69. The van der Waals surface area contributed by atoms with E-state index < -0.39 is 14.4 Å². The van der Waals surface area contributed by atoms with Crippen LogP contribution in [0.1, 0.15) is 83.1 Å². The fraction of sp³-hybridized carbons (Fsp3) is 1.00. The van der Waals surface area contributed by atoms with Crippen LogP contribution < -0.4 is 0 Å². The van der Waals surface area contributed by atoms with Gasteiger partial charge in [0.05, 0.1) is 0 Å². The zero-order valence-electron chi connectivity index (χ0n) is 17.9. The van der Waals surface area contributed by atoms with E-state index in [1.165, 1.54) is 0 Å². The fourth-order valence-electron chi connectivity index (χ4n) is 5.01. The molecule has 0 heterocycles. The standard InChI is InChI=1S/C18H42SSi2.K/c1-13(2)20(14(3)4,15(5)6)19-21(16(7)8,17(9)10)18(11)12;/h13-18H,1-12H3;. The van der Waals surface area contributed by atoms with Crippen molar-refractivity contribution in [1.29, 1.82) is 0 Å². The second-order valence-electron chi connectivity index (χ2n) is 8.74. The maximum absolute atomic E-state index is 2.61. The molecule has 0 unspecified atom stereocenters. The minimum Gasteiger partial charge on any atom is -0.203 e. The average molecular weight is 386 g/mol. The number of rotatable bonds is 8. The molecule has 1 radical (unpaired) electrons. The third kappa shape index (κ3) is 5.21. The van der Waals surface area contributed by atoms with Crippen LogP contribution in [0.5, 0.6) is 0 Å². The summed E-state index contributed by atoms with van der Waals surface area (Å²) < 4.78 is 0. The van der Waals surface area contributed by atoms with Crippen molar-refractivity contribution in [3.05, 3.63) is 0 Å². The first-order valence-electron chi connectivity index (χ1n) is 9.07. The molecule has 22 heavy (non-hydrogen) atoms. The minimum absolute atomic E-state index is 0. The molecule has 0 saturated carbocycles. The normalized spacial score (nSPS) is 13.9. The van der Waals surface area contributed by atoms with E-state index in [2.05, 4.69) is 93.7 Å². The van der Waals surface area contributed by atoms with Gasteiger partial charge in [0.1, 0.15) is 14.4 Å². The van der Waals surface area contributed by atoms with Crippen LogP contribution in [0, 0.1) is 0 Å². The molecule has 0 aliphatic rings. The molecule has 0 saturated heterocycles. The summed E-state index contributed by atoms with van der Waals surface area (Å²) in [5.74, 6) is 0. The maximum atomic E-state index is 2.61. The van der Waals surface area contributed by atoms with Crippen molar-refractivity contribution >= 4 is 76.5 Å². The van der Waals surface area contributed by atoms with Crippen molar-refractivity contribution < 1.29 is 0 Å². The molecular formula is C18H42KSSi2. The average Bonchev–Trinajstić information content (AvgIpc) is 2.26. The molecule has 0 nitrogen and oxygen atoms in total. The van der Waals surface area contributed by atoms with Gasteiger partial charge in [0.15, 0.2) is 0 Å². The Bertz CT molecular complexity index is 239. The SMILES string of the molecule is CC(C)[Si](S[Si](C(C)C)(C(C)C)C(C)C)(C(C)C)C(C)C.[K]. The third-order valence-corrected chi connectivity index (χ3v) is 34.3. The molecule has 0 aromatic carbocycles. The van der Waals surface area contributed by atoms with Crippen LogP contribution in [0.15, 0.2) is 0 Å². The Kier molecular flexibility index (Phi) is 12.8. The van der Waals surface area contributed by atoms with Gasteiger partial charge in [-0.2, -0.15) is 0 Å². The monoisotopic (exact) mass is 385 g/mol. The Morgan fingerprint density at radius 2 is 0.545 bits per heavy atom. The van der Waals surface area contributed by atoms with Crippen molar-refractivity contribution in [3.63, 3.8) is 0 Å². The third-order valence-electron chi connectivity index (χ3n) is 5.77. The van der Waals surface area contributed by atoms with Gasteiger partial charge in [-0.1, -0.05) is 83.1 Å². The van der Waals surface area contributed by atoms with Crippen LogP contribution in [-0.4, -0.2) is 65.8 Å². The molecule has 0 N–H and O–H groups in total. The predicted molar refractivity (Wildman–Crippen MR) is 115 cm³/mol. The van der Waals surface area contributed by atoms with Crippen molar-refractivity contribution in [2.45, 2.75) is 116 Å². The molecule has 4 heteroatoms. The Morgan fingerprint density at radius 3 is 0.636 bits per heavy atom. The molecule has 0 atom stereocenters. The summed E-state index contributed by atoms with van der Waals surface area (Å²) in [7, 11) is -0.135. The molecule has 0 rings (SSSR count). The summed E-state index contributed by atoms with van der Waals surface area (Å²) in [6.45, 7) is 30.2. The first-order chi connectivity index (χ1) is 9.37. The maximum Gasteiger partial charge on any atom is 0.117 e.